The summed E-state index contributed by atoms with van der Waals surface area (Å²) in [5.41, 5.74) is 2.33. The van der Waals surface area contributed by atoms with Crippen LogP contribution in [0.3, 0.4) is 0 Å². The molecule has 0 bridgehead atoms. The van der Waals surface area contributed by atoms with Crippen molar-refractivity contribution in [3.8, 4) is 0 Å². The van der Waals surface area contributed by atoms with Crippen LogP contribution in [-0.4, -0.2) is 82.5 Å². The van der Waals surface area contributed by atoms with Gasteiger partial charge in [0.15, 0.2) is 6.29 Å². The molecule has 1 aromatic carbocycles. The number of carbonyl (C=O) groups excluding carboxylic acids is 1. The van der Waals surface area contributed by atoms with Gasteiger partial charge in [-0.25, -0.2) is 0 Å². The highest BCUT2D eigenvalue weighted by atomic mass is 35.5. The van der Waals surface area contributed by atoms with Crippen LogP contribution in [0.4, 0.5) is 5.69 Å². The van der Waals surface area contributed by atoms with Gasteiger partial charge in [-0.1, -0.05) is 11.6 Å². The molecule has 0 unspecified atom stereocenters. The Hall–Kier alpha value is -1.14. The van der Waals surface area contributed by atoms with E-state index in [1.807, 2.05) is 44.2 Å². The van der Waals surface area contributed by atoms with Crippen molar-refractivity contribution in [2.75, 3.05) is 65.3 Å². The normalized spacial score (nSPS) is 22.4. The van der Waals surface area contributed by atoms with Crippen molar-refractivity contribution in [1.29, 1.82) is 0 Å². The Bertz CT molecular complexity index is 613. The Morgan fingerprint density at radius 2 is 1.81 bits per heavy atom. The van der Waals surface area contributed by atoms with Crippen molar-refractivity contribution < 1.29 is 4.79 Å². The Labute approximate surface area is 162 Å². The summed E-state index contributed by atoms with van der Waals surface area (Å²) < 4.78 is 0. The third kappa shape index (κ3) is 4.39. The minimum atomic E-state index is 0.553. The van der Waals surface area contributed by atoms with Crippen LogP contribution >= 0.6 is 11.6 Å². The SMILES string of the molecule is CN(C)C.O=Cc1ccc(N2CCC(N3CC4(CNC4)C3)CC2)cc1Cl. The summed E-state index contributed by atoms with van der Waals surface area (Å²) >= 11 is 6.14. The summed E-state index contributed by atoms with van der Waals surface area (Å²) in [5.74, 6) is 0. The fraction of sp³-hybridized carbons (Fsp3) is 0.650. The number of rotatable bonds is 3. The van der Waals surface area contributed by atoms with Crippen LogP contribution < -0.4 is 10.2 Å². The van der Waals surface area contributed by atoms with Gasteiger partial charge < -0.3 is 15.1 Å². The van der Waals surface area contributed by atoms with Crippen LogP contribution in [0, 0.1) is 5.41 Å². The topological polar surface area (TPSA) is 38.8 Å². The monoisotopic (exact) mass is 378 g/mol. The molecule has 4 rings (SSSR count). The van der Waals surface area contributed by atoms with E-state index >= 15 is 0 Å². The van der Waals surface area contributed by atoms with Crippen LogP contribution in [0.5, 0.6) is 0 Å². The Balaban J connectivity index is 0.000000447. The fourth-order valence-electron chi connectivity index (χ4n) is 4.07. The standard InChI is InChI=1S/C17H22ClN3O.C3H9N/c18-16-7-15(2-1-13(16)8-22)20-5-3-14(4-6-20)21-11-17(12-21)9-19-10-17;1-4(2)3/h1-2,7-8,14,19H,3-6,9-12H2;1-3H3. The number of hydrogen-bond acceptors (Lipinski definition) is 5. The smallest absolute Gasteiger partial charge is 0.151 e. The second-order valence-electron chi connectivity index (χ2n) is 8.39. The summed E-state index contributed by atoms with van der Waals surface area (Å²) in [5, 5.41) is 3.95. The summed E-state index contributed by atoms with van der Waals surface area (Å²) in [6.07, 6.45) is 3.25. The van der Waals surface area contributed by atoms with E-state index in [4.69, 9.17) is 11.6 Å². The summed E-state index contributed by atoms with van der Waals surface area (Å²) in [6, 6.07) is 6.49. The molecule has 3 aliphatic heterocycles. The van der Waals surface area contributed by atoms with Gasteiger partial charge in [-0.15, -0.1) is 0 Å². The highest BCUT2D eigenvalue weighted by molar-refractivity contribution is 6.33. The lowest BCUT2D eigenvalue weighted by atomic mass is 9.73. The van der Waals surface area contributed by atoms with Gasteiger partial charge in [0.2, 0.25) is 0 Å². The summed E-state index contributed by atoms with van der Waals surface area (Å²) in [4.78, 5) is 17.9. The molecule has 0 radical (unpaired) electrons. The number of halogens is 1. The number of carbonyl (C=O) groups is 1. The van der Waals surface area contributed by atoms with Crippen molar-refractivity contribution in [2.45, 2.75) is 18.9 Å². The lowest BCUT2D eigenvalue weighted by Crippen LogP contribution is -2.73. The fourth-order valence-corrected chi connectivity index (χ4v) is 4.29. The first-order valence-electron chi connectivity index (χ1n) is 9.48. The molecule has 3 aliphatic rings. The summed E-state index contributed by atoms with van der Waals surface area (Å²) in [6.45, 7) is 7.13. The van der Waals surface area contributed by atoms with Crippen LogP contribution in [0.25, 0.3) is 0 Å². The maximum absolute atomic E-state index is 10.8. The maximum atomic E-state index is 10.8. The Morgan fingerprint density at radius 3 is 2.27 bits per heavy atom. The van der Waals surface area contributed by atoms with Crippen LogP contribution in [0.1, 0.15) is 23.2 Å². The predicted molar refractivity (Wildman–Crippen MR) is 109 cm³/mol. The zero-order valence-corrected chi connectivity index (χ0v) is 16.9. The zero-order chi connectivity index (χ0) is 18.7. The van der Waals surface area contributed by atoms with Crippen molar-refractivity contribution in [3.63, 3.8) is 0 Å². The van der Waals surface area contributed by atoms with Gasteiger partial charge in [0, 0.05) is 62.0 Å². The zero-order valence-electron chi connectivity index (χ0n) is 16.2. The molecule has 26 heavy (non-hydrogen) atoms. The van der Waals surface area contributed by atoms with Crippen LogP contribution in [0.15, 0.2) is 18.2 Å². The molecular formula is C20H31ClN4O. The van der Waals surface area contributed by atoms with Crippen LogP contribution in [0.2, 0.25) is 5.02 Å². The lowest BCUT2D eigenvalue weighted by molar-refractivity contribution is -0.0694. The number of nitrogens with zero attached hydrogens (tertiary/aromatic N) is 3. The first-order valence-corrected chi connectivity index (χ1v) is 9.86. The van der Waals surface area contributed by atoms with Gasteiger partial charge in [0.1, 0.15) is 0 Å². The maximum Gasteiger partial charge on any atom is 0.151 e. The molecular weight excluding hydrogens is 348 g/mol. The summed E-state index contributed by atoms with van der Waals surface area (Å²) in [7, 11) is 6.00. The van der Waals surface area contributed by atoms with E-state index < -0.39 is 0 Å². The number of benzene rings is 1. The molecule has 0 aromatic heterocycles. The molecule has 0 amide bonds. The molecule has 144 valence electrons. The minimum Gasteiger partial charge on any atom is -0.371 e. The highest BCUT2D eigenvalue weighted by Crippen LogP contribution is 2.37. The molecule has 3 heterocycles. The first kappa shape index (κ1) is 19.6. The van der Waals surface area contributed by atoms with Crippen molar-refractivity contribution in [1.82, 2.24) is 15.1 Å². The molecule has 3 saturated heterocycles. The molecule has 1 aromatic rings. The molecule has 3 fully saturated rings. The van der Waals surface area contributed by atoms with E-state index in [1.165, 1.54) is 39.0 Å². The van der Waals surface area contributed by atoms with Crippen molar-refractivity contribution in [3.05, 3.63) is 28.8 Å². The molecule has 1 spiro atoms. The third-order valence-corrected chi connectivity index (χ3v) is 5.86. The first-order chi connectivity index (χ1) is 12.4. The van der Waals surface area contributed by atoms with Gasteiger partial charge in [0.05, 0.1) is 5.02 Å². The number of anilines is 1. The van der Waals surface area contributed by atoms with Gasteiger partial charge in [-0.2, -0.15) is 0 Å². The van der Waals surface area contributed by atoms with E-state index in [2.05, 4.69) is 15.1 Å². The van der Waals surface area contributed by atoms with E-state index in [0.29, 0.717) is 16.0 Å². The Kier molecular flexibility index (Phi) is 6.23. The molecule has 5 nitrogen and oxygen atoms in total. The Morgan fingerprint density at radius 1 is 1.19 bits per heavy atom. The second kappa shape index (κ2) is 8.26. The highest BCUT2D eigenvalue weighted by Gasteiger charge is 2.49. The lowest BCUT2D eigenvalue weighted by Gasteiger charge is -2.59. The number of hydrogen-bond donors (Lipinski definition) is 1. The van der Waals surface area contributed by atoms with E-state index in [9.17, 15) is 4.79 Å². The van der Waals surface area contributed by atoms with Gasteiger partial charge in [-0.05, 0) is 52.2 Å². The molecule has 0 aliphatic carbocycles. The van der Waals surface area contributed by atoms with Gasteiger partial charge in [-0.3, -0.25) is 9.69 Å². The average molecular weight is 379 g/mol. The van der Waals surface area contributed by atoms with Crippen LogP contribution in [-0.2, 0) is 0 Å². The number of likely N-dealkylation sites (tertiary alicyclic amines) is 1. The molecule has 0 atom stereocenters. The third-order valence-electron chi connectivity index (χ3n) is 5.53. The van der Waals surface area contributed by atoms with Gasteiger partial charge in [0.25, 0.3) is 0 Å². The second-order valence-corrected chi connectivity index (χ2v) is 8.80. The molecule has 1 N–H and O–H groups in total. The van der Waals surface area contributed by atoms with E-state index in [-0.39, 0.29) is 0 Å². The largest absolute Gasteiger partial charge is 0.371 e. The van der Waals surface area contributed by atoms with Gasteiger partial charge >= 0.3 is 0 Å². The number of aldehydes is 1. The van der Waals surface area contributed by atoms with Crippen molar-refractivity contribution >= 4 is 23.6 Å². The average Bonchev–Trinajstić information content (AvgIpc) is 2.52. The number of piperidine rings is 1. The van der Waals surface area contributed by atoms with E-state index in [0.717, 1.165) is 31.1 Å². The predicted octanol–water partition coefficient (Wildman–Crippen LogP) is 2.20. The quantitative estimate of drug-likeness (QED) is 0.816. The molecule has 0 saturated carbocycles. The van der Waals surface area contributed by atoms with E-state index in [1.54, 1.807) is 0 Å². The number of nitrogens with one attached hydrogen (secondary N) is 1. The minimum absolute atomic E-state index is 0.553. The molecule has 6 heteroatoms. The van der Waals surface area contributed by atoms with Crippen molar-refractivity contribution in [2.24, 2.45) is 5.41 Å².